The maximum absolute atomic E-state index is 3.80. The summed E-state index contributed by atoms with van der Waals surface area (Å²) in [6, 6.07) is 0.752. The van der Waals surface area contributed by atoms with Crippen molar-refractivity contribution in [1.29, 1.82) is 0 Å². The molecule has 0 aromatic carbocycles. The van der Waals surface area contributed by atoms with Gasteiger partial charge in [0.25, 0.3) is 0 Å². The first-order chi connectivity index (χ1) is 5.38. The SMILES string of the molecule is C=CCC1CCCCC1NC. The summed E-state index contributed by atoms with van der Waals surface area (Å²) in [5.41, 5.74) is 0. The van der Waals surface area contributed by atoms with Crippen LogP contribution in [0, 0.1) is 5.92 Å². The van der Waals surface area contributed by atoms with Gasteiger partial charge in [0.05, 0.1) is 0 Å². The van der Waals surface area contributed by atoms with E-state index in [1.807, 2.05) is 0 Å². The molecular weight excluding hydrogens is 134 g/mol. The summed E-state index contributed by atoms with van der Waals surface area (Å²) in [4.78, 5) is 0. The second-order valence-corrected chi connectivity index (χ2v) is 3.46. The molecule has 0 heterocycles. The van der Waals surface area contributed by atoms with E-state index in [-0.39, 0.29) is 0 Å². The molecule has 64 valence electrons. The molecule has 1 aliphatic rings. The van der Waals surface area contributed by atoms with E-state index in [9.17, 15) is 0 Å². The molecule has 0 spiro atoms. The van der Waals surface area contributed by atoms with E-state index in [1.54, 1.807) is 0 Å². The number of rotatable bonds is 3. The molecule has 2 unspecified atom stereocenters. The Labute approximate surface area is 69.9 Å². The third-order valence-electron chi connectivity index (χ3n) is 2.75. The van der Waals surface area contributed by atoms with E-state index in [2.05, 4.69) is 25.0 Å². The first-order valence-corrected chi connectivity index (χ1v) is 4.66. The molecule has 0 amide bonds. The van der Waals surface area contributed by atoms with Gasteiger partial charge in [-0.1, -0.05) is 18.9 Å². The van der Waals surface area contributed by atoms with Gasteiger partial charge in [-0.2, -0.15) is 0 Å². The van der Waals surface area contributed by atoms with Crippen LogP contribution in [0.4, 0.5) is 0 Å². The minimum atomic E-state index is 0.752. The van der Waals surface area contributed by atoms with Crippen LogP contribution in [-0.4, -0.2) is 13.1 Å². The molecule has 1 aliphatic carbocycles. The van der Waals surface area contributed by atoms with Crippen molar-refractivity contribution in [2.75, 3.05) is 7.05 Å². The summed E-state index contributed by atoms with van der Waals surface area (Å²) >= 11 is 0. The lowest BCUT2D eigenvalue weighted by Crippen LogP contribution is -2.35. The highest BCUT2D eigenvalue weighted by Gasteiger charge is 2.21. The van der Waals surface area contributed by atoms with Crippen LogP contribution in [0.3, 0.4) is 0 Å². The fourth-order valence-electron chi connectivity index (χ4n) is 2.08. The Morgan fingerprint density at radius 2 is 2.18 bits per heavy atom. The summed E-state index contributed by atoms with van der Waals surface area (Å²) in [6.07, 6.45) is 8.80. The smallest absolute Gasteiger partial charge is 0.00952 e. The van der Waals surface area contributed by atoms with E-state index in [1.165, 1.54) is 32.1 Å². The van der Waals surface area contributed by atoms with Gasteiger partial charge < -0.3 is 5.32 Å². The standard InChI is InChI=1S/C10H19N/c1-3-6-9-7-4-5-8-10(9)11-2/h3,9-11H,1,4-8H2,2H3. The van der Waals surface area contributed by atoms with Gasteiger partial charge in [0.1, 0.15) is 0 Å². The average molecular weight is 153 g/mol. The van der Waals surface area contributed by atoms with E-state index in [0.29, 0.717) is 0 Å². The van der Waals surface area contributed by atoms with Gasteiger partial charge in [-0.15, -0.1) is 6.58 Å². The number of nitrogens with one attached hydrogen (secondary N) is 1. The fraction of sp³-hybridized carbons (Fsp3) is 0.800. The minimum Gasteiger partial charge on any atom is -0.317 e. The first-order valence-electron chi connectivity index (χ1n) is 4.66. The van der Waals surface area contributed by atoms with Crippen LogP contribution in [0.5, 0.6) is 0 Å². The molecule has 0 bridgehead atoms. The van der Waals surface area contributed by atoms with E-state index in [0.717, 1.165) is 12.0 Å². The molecule has 1 rings (SSSR count). The Kier molecular flexibility index (Phi) is 3.64. The molecule has 1 nitrogen and oxygen atoms in total. The Morgan fingerprint density at radius 1 is 1.45 bits per heavy atom. The van der Waals surface area contributed by atoms with Crippen molar-refractivity contribution in [1.82, 2.24) is 5.32 Å². The monoisotopic (exact) mass is 153 g/mol. The van der Waals surface area contributed by atoms with Gasteiger partial charge in [-0.05, 0) is 32.2 Å². The van der Waals surface area contributed by atoms with Gasteiger partial charge in [0.15, 0.2) is 0 Å². The van der Waals surface area contributed by atoms with Crippen molar-refractivity contribution in [3.8, 4) is 0 Å². The molecule has 1 N–H and O–H groups in total. The van der Waals surface area contributed by atoms with Crippen LogP contribution in [0.1, 0.15) is 32.1 Å². The summed E-state index contributed by atoms with van der Waals surface area (Å²) in [5, 5.41) is 3.39. The minimum absolute atomic E-state index is 0.752. The zero-order valence-electron chi connectivity index (χ0n) is 7.47. The van der Waals surface area contributed by atoms with Crippen LogP contribution < -0.4 is 5.32 Å². The van der Waals surface area contributed by atoms with Crippen LogP contribution in [0.15, 0.2) is 12.7 Å². The molecule has 11 heavy (non-hydrogen) atoms. The van der Waals surface area contributed by atoms with Crippen LogP contribution in [-0.2, 0) is 0 Å². The summed E-state index contributed by atoms with van der Waals surface area (Å²) in [5.74, 6) is 0.853. The molecule has 0 saturated heterocycles. The molecule has 1 heteroatoms. The normalized spacial score (nSPS) is 31.7. The second kappa shape index (κ2) is 4.55. The van der Waals surface area contributed by atoms with E-state index in [4.69, 9.17) is 0 Å². The lowest BCUT2D eigenvalue weighted by molar-refractivity contribution is 0.276. The Bertz CT molecular complexity index is 120. The van der Waals surface area contributed by atoms with Crippen LogP contribution >= 0.6 is 0 Å². The molecule has 1 fully saturated rings. The summed E-state index contributed by atoms with van der Waals surface area (Å²) < 4.78 is 0. The molecule has 2 atom stereocenters. The lowest BCUT2D eigenvalue weighted by Gasteiger charge is -2.30. The predicted octanol–water partition coefficient (Wildman–Crippen LogP) is 2.34. The molecule has 0 aliphatic heterocycles. The van der Waals surface area contributed by atoms with Crippen molar-refractivity contribution in [2.24, 2.45) is 5.92 Å². The third kappa shape index (κ3) is 2.33. The fourth-order valence-corrected chi connectivity index (χ4v) is 2.08. The largest absolute Gasteiger partial charge is 0.317 e. The highest BCUT2D eigenvalue weighted by atomic mass is 14.9. The zero-order valence-corrected chi connectivity index (χ0v) is 7.47. The summed E-state index contributed by atoms with van der Waals surface area (Å²) in [7, 11) is 2.08. The van der Waals surface area contributed by atoms with E-state index >= 15 is 0 Å². The van der Waals surface area contributed by atoms with E-state index < -0.39 is 0 Å². The van der Waals surface area contributed by atoms with Crippen molar-refractivity contribution in [3.05, 3.63) is 12.7 Å². The Morgan fingerprint density at radius 3 is 2.82 bits per heavy atom. The van der Waals surface area contributed by atoms with Gasteiger partial charge in [-0.25, -0.2) is 0 Å². The maximum atomic E-state index is 3.80. The van der Waals surface area contributed by atoms with Crippen LogP contribution in [0.2, 0.25) is 0 Å². The second-order valence-electron chi connectivity index (χ2n) is 3.46. The summed E-state index contributed by atoms with van der Waals surface area (Å²) in [6.45, 7) is 3.80. The molecule has 0 aromatic rings. The quantitative estimate of drug-likeness (QED) is 0.614. The highest BCUT2D eigenvalue weighted by molar-refractivity contribution is 4.84. The van der Waals surface area contributed by atoms with Gasteiger partial charge in [0.2, 0.25) is 0 Å². The van der Waals surface area contributed by atoms with Crippen molar-refractivity contribution < 1.29 is 0 Å². The molecule has 1 saturated carbocycles. The van der Waals surface area contributed by atoms with Crippen molar-refractivity contribution in [2.45, 2.75) is 38.1 Å². The average Bonchev–Trinajstić information content (AvgIpc) is 2.06. The highest BCUT2D eigenvalue weighted by Crippen LogP contribution is 2.26. The van der Waals surface area contributed by atoms with Gasteiger partial charge in [-0.3, -0.25) is 0 Å². The Balaban J connectivity index is 2.37. The maximum Gasteiger partial charge on any atom is 0.00952 e. The molecule has 0 aromatic heterocycles. The Hall–Kier alpha value is -0.300. The number of allylic oxidation sites excluding steroid dienone is 1. The predicted molar refractivity (Wildman–Crippen MR) is 49.6 cm³/mol. The topological polar surface area (TPSA) is 12.0 Å². The first kappa shape index (κ1) is 8.79. The van der Waals surface area contributed by atoms with Gasteiger partial charge in [0, 0.05) is 6.04 Å². The van der Waals surface area contributed by atoms with Gasteiger partial charge >= 0.3 is 0 Å². The van der Waals surface area contributed by atoms with Crippen LogP contribution in [0.25, 0.3) is 0 Å². The molecular formula is C10H19N. The zero-order chi connectivity index (χ0) is 8.10. The third-order valence-corrected chi connectivity index (χ3v) is 2.75. The molecule has 0 radical (unpaired) electrons. The van der Waals surface area contributed by atoms with Crippen molar-refractivity contribution >= 4 is 0 Å². The lowest BCUT2D eigenvalue weighted by atomic mass is 9.82. The van der Waals surface area contributed by atoms with Crippen molar-refractivity contribution in [3.63, 3.8) is 0 Å². The number of hydrogen-bond acceptors (Lipinski definition) is 1. The number of hydrogen-bond donors (Lipinski definition) is 1.